The van der Waals surface area contributed by atoms with Crippen LogP contribution in [0.3, 0.4) is 0 Å². The molecule has 1 aliphatic heterocycles. The average Bonchev–Trinajstić information content (AvgIpc) is 3.25. The molecule has 1 atom stereocenters. The second-order valence-electron chi connectivity index (χ2n) is 8.32. The summed E-state index contributed by atoms with van der Waals surface area (Å²) >= 11 is 0. The highest BCUT2D eigenvalue weighted by molar-refractivity contribution is 7.91. The summed E-state index contributed by atoms with van der Waals surface area (Å²) in [5, 5.41) is 0.922. The topological polar surface area (TPSA) is 67.6 Å². The number of sulfone groups is 1. The van der Waals surface area contributed by atoms with E-state index < -0.39 is 9.84 Å². The van der Waals surface area contributed by atoms with E-state index in [0.717, 1.165) is 27.6 Å². The van der Waals surface area contributed by atoms with Gasteiger partial charge in [0.15, 0.2) is 15.6 Å². The first-order valence-corrected chi connectivity index (χ1v) is 12.3. The molecule has 0 radical (unpaired) electrons. The lowest BCUT2D eigenvalue weighted by Crippen LogP contribution is -2.41. The van der Waals surface area contributed by atoms with E-state index in [1.807, 2.05) is 75.4 Å². The Labute approximate surface area is 183 Å². The van der Waals surface area contributed by atoms with Crippen LogP contribution < -0.4 is 0 Å². The Morgan fingerprint density at radius 1 is 1.13 bits per heavy atom. The highest BCUT2D eigenvalue weighted by Crippen LogP contribution is 2.30. The molecule has 0 spiro atoms. The summed E-state index contributed by atoms with van der Waals surface area (Å²) in [7, 11) is -3.13. The number of hydrogen-bond acceptors (Lipinski definition) is 4. The number of furan rings is 1. The molecule has 0 N–H and O–H groups in total. The molecule has 1 aromatic heterocycles. The molecule has 2 heterocycles. The first-order chi connectivity index (χ1) is 14.7. The van der Waals surface area contributed by atoms with Crippen molar-refractivity contribution in [1.82, 2.24) is 4.90 Å². The number of carbonyl (C=O) groups excluding carboxylic acids is 1. The summed E-state index contributed by atoms with van der Waals surface area (Å²) in [6.45, 7) is 6.25. The van der Waals surface area contributed by atoms with E-state index in [-0.39, 0.29) is 29.2 Å². The fourth-order valence-electron chi connectivity index (χ4n) is 4.10. The van der Waals surface area contributed by atoms with Crippen LogP contribution in [0.1, 0.15) is 39.2 Å². The van der Waals surface area contributed by atoms with E-state index in [0.29, 0.717) is 18.5 Å². The molecule has 1 fully saturated rings. The maximum atomic E-state index is 13.5. The van der Waals surface area contributed by atoms with Crippen LogP contribution in [0.4, 0.5) is 0 Å². The first-order valence-electron chi connectivity index (χ1n) is 10.5. The van der Waals surface area contributed by atoms with Gasteiger partial charge in [0, 0.05) is 23.5 Å². The van der Waals surface area contributed by atoms with Crippen LogP contribution in [-0.4, -0.2) is 43.3 Å². The predicted molar refractivity (Wildman–Crippen MR) is 124 cm³/mol. The van der Waals surface area contributed by atoms with Crippen molar-refractivity contribution in [3.8, 4) is 0 Å². The fourth-order valence-corrected chi connectivity index (χ4v) is 5.83. The smallest absolute Gasteiger partial charge is 0.290 e. The fraction of sp³-hybridized carbons (Fsp3) is 0.320. The number of aryl methyl sites for hydroxylation is 3. The number of carbonyl (C=O) groups is 1. The molecule has 2 aromatic carbocycles. The third-order valence-corrected chi connectivity index (χ3v) is 7.82. The van der Waals surface area contributed by atoms with Crippen LogP contribution in [0.5, 0.6) is 0 Å². The lowest BCUT2D eigenvalue weighted by molar-refractivity contribution is 0.0689. The molecule has 162 valence electrons. The van der Waals surface area contributed by atoms with E-state index in [1.165, 1.54) is 0 Å². The average molecular weight is 438 g/mol. The summed E-state index contributed by atoms with van der Waals surface area (Å²) < 4.78 is 30.2. The Morgan fingerprint density at radius 3 is 2.52 bits per heavy atom. The van der Waals surface area contributed by atoms with Crippen molar-refractivity contribution in [2.24, 2.45) is 0 Å². The molecule has 1 unspecified atom stereocenters. The quantitative estimate of drug-likeness (QED) is 0.580. The van der Waals surface area contributed by atoms with Crippen LogP contribution in [0, 0.1) is 20.8 Å². The number of nitrogens with zero attached hydrogens (tertiary/aromatic N) is 1. The second-order valence-corrected chi connectivity index (χ2v) is 10.5. The van der Waals surface area contributed by atoms with Crippen LogP contribution in [-0.2, 0) is 9.84 Å². The van der Waals surface area contributed by atoms with Gasteiger partial charge in [0.1, 0.15) is 5.58 Å². The third kappa shape index (κ3) is 4.44. The lowest BCUT2D eigenvalue weighted by Gasteiger charge is -2.26. The number of hydrogen-bond donors (Lipinski definition) is 0. The highest BCUT2D eigenvalue weighted by atomic mass is 32.2. The van der Waals surface area contributed by atoms with Gasteiger partial charge in [-0.3, -0.25) is 4.79 Å². The summed E-state index contributed by atoms with van der Waals surface area (Å²) in [5.74, 6) is 0.137. The van der Waals surface area contributed by atoms with Gasteiger partial charge in [0.25, 0.3) is 5.91 Å². The predicted octanol–water partition coefficient (Wildman–Crippen LogP) is 4.70. The van der Waals surface area contributed by atoms with E-state index >= 15 is 0 Å². The molecule has 3 aromatic rings. The third-order valence-electron chi connectivity index (χ3n) is 6.07. The number of benzene rings is 2. The minimum absolute atomic E-state index is 0.00455. The Morgan fingerprint density at radius 2 is 1.84 bits per heavy atom. The van der Waals surface area contributed by atoms with Crippen LogP contribution in [0.25, 0.3) is 17.0 Å². The zero-order valence-electron chi connectivity index (χ0n) is 18.1. The van der Waals surface area contributed by atoms with E-state index in [9.17, 15) is 13.2 Å². The number of fused-ring (bicyclic) bond motifs is 1. The van der Waals surface area contributed by atoms with E-state index in [4.69, 9.17) is 4.42 Å². The van der Waals surface area contributed by atoms with Gasteiger partial charge in [-0.05, 0) is 56.0 Å². The summed E-state index contributed by atoms with van der Waals surface area (Å²) in [4.78, 5) is 15.2. The maximum Gasteiger partial charge on any atom is 0.290 e. The molecule has 1 aliphatic rings. The minimum atomic E-state index is -3.13. The summed E-state index contributed by atoms with van der Waals surface area (Å²) in [5.41, 5.74) is 4.74. The van der Waals surface area contributed by atoms with E-state index in [2.05, 4.69) is 0 Å². The van der Waals surface area contributed by atoms with Crippen molar-refractivity contribution in [3.05, 3.63) is 76.6 Å². The van der Waals surface area contributed by atoms with Gasteiger partial charge in [0.05, 0.1) is 11.5 Å². The van der Waals surface area contributed by atoms with Gasteiger partial charge < -0.3 is 9.32 Å². The molecule has 0 bridgehead atoms. The standard InChI is InChI=1S/C25H27NO4S/c1-17-14-22-19(3)24(30-23(22)15-18(17)2)25(27)26(21-11-13-31(28,29)16-21)12-7-10-20-8-5-4-6-9-20/h4-10,14-15,21H,11-13,16H2,1-3H3/b10-7+. The molecule has 0 aliphatic carbocycles. The first kappa shape index (κ1) is 21.4. The molecule has 1 amide bonds. The molecule has 31 heavy (non-hydrogen) atoms. The largest absolute Gasteiger partial charge is 0.451 e. The van der Waals surface area contributed by atoms with Crippen molar-refractivity contribution < 1.29 is 17.6 Å². The second kappa shape index (κ2) is 8.35. The summed E-state index contributed by atoms with van der Waals surface area (Å²) in [6, 6.07) is 13.5. The SMILES string of the molecule is Cc1cc2oc(C(=O)N(C/C=C/c3ccccc3)C3CCS(=O)(=O)C3)c(C)c2cc1C. The molecule has 5 nitrogen and oxygen atoms in total. The Bertz CT molecular complexity index is 1260. The van der Waals surface area contributed by atoms with Gasteiger partial charge in [0.2, 0.25) is 0 Å². The van der Waals surface area contributed by atoms with Crippen molar-refractivity contribution in [3.63, 3.8) is 0 Å². The Balaban J connectivity index is 1.67. The molecule has 6 heteroatoms. The highest BCUT2D eigenvalue weighted by Gasteiger charge is 2.36. The van der Waals surface area contributed by atoms with Crippen LogP contribution >= 0.6 is 0 Å². The number of rotatable bonds is 5. The molecule has 4 rings (SSSR count). The Hall–Kier alpha value is -2.86. The normalized spacial score (nSPS) is 18.1. The van der Waals surface area contributed by atoms with Crippen molar-refractivity contribution in [1.29, 1.82) is 0 Å². The van der Waals surface area contributed by atoms with E-state index in [1.54, 1.807) is 4.90 Å². The van der Waals surface area contributed by atoms with Gasteiger partial charge >= 0.3 is 0 Å². The van der Waals surface area contributed by atoms with Crippen LogP contribution in [0.2, 0.25) is 0 Å². The van der Waals surface area contributed by atoms with Gasteiger partial charge in [-0.15, -0.1) is 0 Å². The molecular formula is C25H27NO4S. The van der Waals surface area contributed by atoms with Crippen LogP contribution in [0.15, 0.2) is 53.0 Å². The maximum absolute atomic E-state index is 13.5. The Kier molecular flexibility index (Phi) is 5.75. The lowest BCUT2D eigenvalue weighted by atomic mass is 10.0. The number of amides is 1. The van der Waals surface area contributed by atoms with Crippen molar-refractivity contribution in [2.45, 2.75) is 33.2 Å². The monoisotopic (exact) mass is 437 g/mol. The molecular weight excluding hydrogens is 410 g/mol. The minimum Gasteiger partial charge on any atom is -0.451 e. The van der Waals surface area contributed by atoms with Gasteiger partial charge in [-0.25, -0.2) is 8.42 Å². The zero-order chi connectivity index (χ0) is 22.2. The molecule has 0 saturated carbocycles. The zero-order valence-corrected chi connectivity index (χ0v) is 18.9. The summed E-state index contributed by atoms with van der Waals surface area (Å²) in [6.07, 6.45) is 4.30. The van der Waals surface area contributed by atoms with Gasteiger partial charge in [-0.2, -0.15) is 0 Å². The van der Waals surface area contributed by atoms with Crippen molar-refractivity contribution in [2.75, 3.05) is 18.1 Å². The molecule has 1 saturated heterocycles. The van der Waals surface area contributed by atoms with Crippen molar-refractivity contribution >= 4 is 32.8 Å². The van der Waals surface area contributed by atoms with Gasteiger partial charge in [-0.1, -0.05) is 42.5 Å².